The first kappa shape index (κ1) is 20.4. The van der Waals surface area contributed by atoms with Crippen molar-refractivity contribution < 1.29 is 19.8 Å². The zero-order valence-corrected chi connectivity index (χ0v) is 15.3. The van der Waals surface area contributed by atoms with Crippen molar-refractivity contribution in [3.05, 3.63) is 33.8 Å². The Kier molecular flexibility index (Phi) is 7.17. The van der Waals surface area contributed by atoms with Crippen LogP contribution in [0.25, 0.3) is 0 Å². The molecule has 0 saturated heterocycles. The molecule has 1 aromatic rings. The second-order valence-electron chi connectivity index (χ2n) is 6.73. The lowest BCUT2D eigenvalue weighted by molar-refractivity contribution is 0.171. The van der Waals surface area contributed by atoms with Gasteiger partial charge in [-0.05, 0) is 29.9 Å². The molecule has 2 atom stereocenters. The number of carboxylic acid groups (broad SMARTS) is 2. The fourth-order valence-electron chi connectivity index (χ4n) is 2.36. The minimum atomic E-state index is -1.27. The normalized spacial score (nSPS) is 13.9. The molecule has 8 heteroatoms. The lowest BCUT2D eigenvalue weighted by atomic mass is 9.85. The number of amides is 2. The Bertz CT molecular complexity index is 602. The summed E-state index contributed by atoms with van der Waals surface area (Å²) in [5.41, 5.74) is 0.392. The molecular formula is C16H22Cl2N2O4. The average Bonchev–Trinajstić information content (AvgIpc) is 2.43. The summed E-state index contributed by atoms with van der Waals surface area (Å²) in [6.45, 7) is 6.07. The number of hydrogen-bond donors (Lipinski definition) is 4. The largest absolute Gasteiger partial charge is 0.465 e. The highest BCUT2D eigenvalue weighted by Crippen LogP contribution is 2.33. The topological polar surface area (TPSA) is 98.7 Å². The van der Waals surface area contributed by atoms with Gasteiger partial charge in [-0.25, -0.2) is 9.59 Å². The van der Waals surface area contributed by atoms with Gasteiger partial charge in [0.1, 0.15) is 0 Å². The quantitative estimate of drug-likeness (QED) is 0.574. The van der Waals surface area contributed by atoms with Gasteiger partial charge in [0.25, 0.3) is 0 Å². The maximum absolute atomic E-state index is 11.2. The van der Waals surface area contributed by atoms with Gasteiger partial charge in [0.05, 0.1) is 22.1 Å². The second kappa shape index (κ2) is 8.44. The van der Waals surface area contributed by atoms with Crippen LogP contribution in [0.5, 0.6) is 0 Å². The van der Waals surface area contributed by atoms with Crippen molar-refractivity contribution in [3.8, 4) is 0 Å². The summed E-state index contributed by atoms with van der Waals surface area (Å²) >= 11 is 12.2. The molecule has 0 heterocycles. The van der Waals surface area contributed by atoms with Crippen molar-refractivity contribution in [1.29, 1.82) is 0 Å². The highest BCUT2D eigenvalue weighted by Gasteiger charge is 2.29. The van der Waals surface area contributed by atoms with E-state index in [0.717, 1.165) is 0 Å². The molecule has 4 N–H and O–H groups in total. The molecular weight excluding hydrogens is 355 g/mol. The highest BCUT2D eigenvalue weighted by atomic mass is 35.5. The first-order valence-corrected chi connectivity index (χ1v) is 8.19. The Morgan fingerprint density at radius 3 is 2.21 bits per heavy atom. The molecule has 0 radical (unpaired) electrons. The first-order valence-electron chi connectivity index (χ1n) is 7.44. The van der Waals surface area contributed by atoms with Gasteiger partial charge in [-0.1, -0.05) is 56.1 Å². The van der Waals surface area contributed by atoms with Crippen molar-refractivity contribution in [3.63, 3.8) is 0 Å². The van der Waals surface area contributed by atoms with Gasteiger partial charge >= 0.3 is 12.2 Å². The zero-order chi connectivity index (χ0) is 18.5. The average molecular weight is 377 g/mol. The van der Waals surface area contributed by atoms with Gasteiger partial charge in [-0.3, -0.25) is 0 Å². The van der Waals surface area contributed by atoms with E-state index in [4.69, 9.17) is 33.4 Å². The van der Waals surface area contributed by atoms with Crippen LogP contribution in [0.1, 0.15) is 45.2 Å². The van der Waals surface area contributed by atoms with E-state index in [2.05, 4.69) is 10.6 Å². The molecule has 1 aromatic carbocycles. The Morgan fingerprint density at radius 2 is 1.71 bits per heavy atom. The molecule has 134 valence electrons. The fourth-order valence-corrected chi connectivity index (χ4v) is 2.78. The van der Waals surface area contributed by atoms with Crippen molar-refractivity contribution in [2.24, 2.45) is 5.41 Å². The summed E-state index contributed by atoms with van der Waals surface area (Å²) in [5, 5.41) is 23.5. The van der Waals surface area contributed by atoms with Crippen LogP contribution in [0.4, 0.5) is 9.59 Å². The van der Waals surface area contributed by atoms with Crippen LogP contribution in [0, 0.1) is 5.41 Å². The monoisotopic (exact) mass is 376 g/mol. The molecule has 1 rings (SSSR count). The van der Waals surface area contributed by atoms with Crippen LogP contribution >= 0.6 is 23.2 Å². The van der Waals surface area contributed by atoms with E-state index in [0.29, 0.717) is 18.4 Å². The standard InChI is InChI=1S/C16H22Cl2N2O4/c1-16(2,3)8-7-11(19-14(21)22)13(20-15(23)24)9-5-4-6-10(17)12(9)18/h4-6,11,13,19-20H,7-8H2,1-3H3,(H,21,22)(H,23,24). The lowest BCUT2D eigenvalue weighted by Crippen LogP contribution is -2.46. The van der Waals surface area contributed by atoms with Crippen LogP contribution in [0.2, 0.25) is 10.0 Å². The molecule has 24 heavy (non-hydrogen) atoms. The molecule has 0 bridgehead atoms. The molecule has 0 aromatic heterocycles. The summed E-state index contributed by atoms with van der Waals surface area (Å²) in [7, 11) is 0. The third kappa shape index (κ3) is 6.45. The van der Waals surface area contributed by atoms with Crippen LogP contribution in [-0.2, 0) is 0 Å². The second-order valence-corrected chi connectivity index (χ2v) is 7.51. The van der Waals surface area contributed by atoms with E-state index in [9.17, 15) is 9.59 Å². The van der Waals surface area contributed by atoms with Crippen LogP contribution in [0.15, 0.2) is 18.2 Å². The summed E-state index contributed by atoms with van der Waals surface area (Å²) in [6.07, 6.45) is -1.38. The number of carbonyl (C=O) groups is 2. The van der Waals surface area contributed by atoms with Gasteiger partial charge in [-0.15, -0.1) is 0 Å². The predicted molar refractivity (Wildman–Crippen MR) is 94.0 cm³/mol. The highest BCUT2D eigenvalue weighted by molar-refractivity contribution is 6.42. The number of rotatable bonds is 6. The molecule has 0 aliphatic carbocycles. The Hall–Kier alpha value is -1.66. The van der Waals surface area contributed by atoms with Gasteiger partial charge in [-0.2, -0.15) is 0 Å². The van der Waals surface area contributed by atoms with Crippen molar-refractivity contribution in [2.45, 2.75) is 45.7 Å². The van der Waals surface area contributed by atoms with E-state index < -0.39 is 24.3 Å². The Morgan fingerprint density at radius 1 is 1.12 bits per heavy atom. The Labute approximate surface area is 151 Å². The summed E-state index contributed by atoms with van der Waals surface area (Å²) < 4.78 is 0. The summed E-state index contributed by atoms with van der Waals surface area (Å²) in [4.78, 5) is 22.4. The Balaban J connectivity index is 3.22. The molecule has 0 aliphatic heterocycles. The van der Waals surface area contributed by atoms with Gasteiger partial charge in [0, 0.05) is 0 Å². The molecule has 6 nitrogen and oxygen atoms in total. The molecule has 0 spiro atoms. The molecule has 0 fully saturated rings. The van der Waals surface area contributed by atoms with Crippen molar-refractivity contribution in [1.82, 2.24) is 10.6 Å². The molecule has 0 aliphatic rings. The van der Waals surface area contributed by atoms with E-state index in [-0.39, 0.29) is 15.5 Å². The van der Waals surface area contributed by atoms with Gasteiger partial charge in [0.15, 0.2) is 0 Å². The smallest absolute Gasteiger partial charge is 0.405 e. The molecule has 0 saturated carbocycles. The van der Waals surface area contributed by atoms with E-state index >= 15 is 0 Å². The molecule has 2 unspecified atom stereocenters. The minimum Gasteiger partial charge on any atom is -0.465 e. The number of nitrogens with one attached hydrogen (secondary N) is 2. The first-order chi connectivity index (χ1) is 11.0. The maximum Gasteiger partial charge on any atom is 0.405 e. The van der Waals surface area contributed by atoms with Crippen LogP contribution in [-0.4, -0.2) is 28.4 Å². The van der Waals surface area contributed by atoms with Crippen LogP contribution in [0.3, 0.4) is 0 Å². The lowest BCUT2D eigenvalue weighted by Gasteiger charge is -2.30. The number of hydrogen-bond acceptors (Lipinski definition) is 2. The van der Waals surface area contributed by atoms with Crippen LogP contribution < -0.4 is 10.6 Å². The van der Waals surface area contributed by atoms with Crippen molar-refractivity contribution in [2.75, 3.05) is 0 Å². The third-order valence-electron chi connectivity index (χ3n) is 3.51. The minimum absolute atomic E-state index is 0.0374. The third-order valence-corrected chi connectivity index (χ3v) is 4.35. The zero-order valence-electron chi connectivity index (χ0n) is 13.8. The van der Waals surface area contributed by atoms with E-state index in [1.807, 2.05) is 20.8 Å². The predicted octanol–water partition coefficient (Wildman–Crippen LogP) is 4.76. The van der Waals surface area contributed by atoms with E-state index in [1.165, 1.54) is 0 Å². The summed E-state index contributed by atoms with van der Waals surface area (Å²) in [5.74, 6) is 0. The number of benzene rings is 1. The number of halogens is 2. The molecule has 2 amide bonds. The van der Waals surface area contributed by atoms with E-state index in [1.54, 1.807) is 18.2 Å². The summed E-state index contributed by atoms with van der Waals surface area (Å²) in [6, 6.07) is 3.31. The van der Waals surface area contributed by atoms with Gasteiger partial charge < -0.3 is 20.8 Å². The van der Waals surface area contributed by atoms with Gasteiger partial charge in [0.2, 0.25) is 0 Å². The fraction of sp³-hybridized carbons (Fsp3) is 0.500. The van der Waals surface area contributed by atoms with Crippen molar-refractivity contribution >= 4 is 35.4 Å². The SMILES string of the molecule is CC(C)(C)CCC(NC(=O)O)C(NC(=O)O)c1cccc(Cl)c1Cl. The maximum atomic E-state index is 11.2.